The van der Waals surface area contributed by atoms with Crippen molar-refractivity contribution in [3.8, 4) is 6.07 Å². The number of benzene rings is 1. The lowest BCUT2D eigenvalue weighted by Gasteiger charge is -2.41. The number of nitrogens with zero attached hydrogens (tertiary/aromatic N) is 4. The number of pyridine rings is 1. The van der Waals surface area contributed by atoms with Gasteiger partial charge < -0.3 is 15.0 Å². The molecular formula is C26H30F3N5O3. The van der Waals surface area contributed by atoms with Crippen LogP contribution in [0.15, 0.2) is 30.5 Å². The summed E-state index contributed by atoms with van der Waals surface area (Å²) >= 11 is 0. The molecule has 3 atom stereocenters. The van der Waals surface area contributed by atoms with Crippen LogP contribution in [-0.4, -0.2) is 65.4 Å². The first-order valence-electron chi connectivity index (χ1n) is 12.3. The number of halogens is 3. The average molecular weight is 518 g/mol. The van der Waals surface area contributed by atoms with Gasteiger partial charge in [-0.1, -0.05) is 0 Å². The number of hydrogen-bond donors (Lipinski definition) is 1. The highest BCUT2D eigenvalue weighted by Gasteiger charge is 2.46. The Kier molecular flexibility index (Phi) is 7.22. The molecule has 2 fully saturated rings. The molecule has 2 saturated heterocycles. The maximum absolute atomic E-state index is 13.9. The largest absolute Gasteiger partial charge is 0.444 e. The predicted octanol–water partition coefficient (Wildman–Crippen LogP) is 4.38. The Hall–Kier alpha value is -3.55. The van der Waals surface area contributed by atoms with Crippen molar-refractivity contribution < 1.29 is 27.5 Å². The van der Waals surface area contributed by atoms with Crippen molar-refractivity contribution >= 4 is 28.6 Å². The Bertz CT molecular complexity index is 1220. The molecule has 0 aliphatic carbocycles. The molecule has 0 spiro atoms. The molecule has 0 saturated carbocycles. The van der Waals surface area contributed by atoms with Gasteiger partial charge in [-0.3, -0.25) is 14.7 Å². The minimum atomic E-state index is -4.46. The number of carbonyl (C=O) groups is 2. The molecular weight excluding hydrogens is 487 g/mol. The maximum atomic E-state index is 13.9. The van der Waals surface area contributed by atoms with Gasteiger partial charge in [0.15, 0.2) is 0 Å². The number of aromatic nitrogens is 1. The van der Waals surface area contributed by atoms with Crippen LogP contribution in [0, 0.1) is 17.2 Å². The second-order valence-electron chi connectivity index (χ2n) is 10.6. The van der Waals surface area contributed by atoms with Crippen LogP contribution in [0.2, 0.25) is 0 Å². The number of fused-ring (bicyclic) bond motifs is 1. The lowest BCUT2D eigenvalue weighted by atomic mass is 9.92. The molecule has 2 aliphatic rings. The Balaban J connectivity index is 1.57. The Labute approximate surface area is 213 Å². The Morgan fingerprint density at radius 1 is 1.19 bits per heavy atom. The van der Waals surface area contributed by atoms with Gasteiger partial charge in [0.25, 0.3) is 0 Å². The van der Waals surface area contributed by atoms with E-state index in [0.717, 1.165) is 0 Å². The third-order valence-corrected chi connectivity index (χ3v) is 6.65. The topological polar surface area (TPSA) is 98.6 Å². The molecule has 8 nitrogen and oxygen atoms in total. The molecule has 0 radical (unpaired) electrons. The van der Waals surface area contributed by atoms with E-state index in [0.29, 0.717) is 41.5 Å². The summed E-state index contributed by atoms with van der Waals surface area (Å²) in [7, 11) is 0. The number of anilines is 1. The monoisotopic (exact) mass is 517 g/mol. The summed E-state index contributed by atoms with van der Waals surface area (Å²) in [6.45, 7) is 5.40. The van der Waals surface area contributed by atoms with E-state index in [-0.39, 0.29) is 19.5 Å². The zero-order chi connectivity index (χ0) is 27.0. The van der Waals surface area contributed by atoms with Crippen molar-refractivity contribution in [3.63, 3.8) is 0 Å². The first-order valence-corrected chi connectivity index (χ1v) is 12.3. The van der Waals surface area contributed by atoms with E-state index in [9.17, 15) is 28.0 Å². The quantitative estimate of drug-likeness (QED) is 0.649. The molecule has 0 bridgehead atoms. The standard InChI is InChI=1S/C26H30F3N5O3/c1-25(2,3)37-24(36)34-11-5-7-21(34)23(35)32-18-12-17(26(27,28)29)14-33(15-18)20-9-8-16(13-30)22-19(20)6-4-10-31-22/h4,6,8-10,17-18,21H,5,7,11-12,14-15H2,1-3H3,(H,32,35)/t17-,18+,21-/m0/s1. The third-order valence-electron chi connectivity index (χ3n) is 6.65. The molecule has 2 aromatic rings. The van der Waals surface area contributed by atoms with E-state index >= 15 is 0 Å². The van der Waals surface area contributed by atoms with Crippen LogP contribution in [0.3, 0.4) is 0 Å². The first-order chi connectivity index (χ1) is 17.4. The summed E-state index contributed by atoms with van der Waals surface area (Å²) < 4.78 is 47.2. The molecule has 37 heavy (non-hydrogen) atoms. The normalized spacial score (nSPS) is 22.6. The number of ether oxygens (including phenoxy) is 1. The highest BCUT2D eigenvalue weighted by atomic mass is 19.4. The SMILES string of the molecule is CC(C)(C)OC(=O)N1CCC[C@H]1C(=O)N[C@@H]1C[C@H](C(F)(F)F)CN(c2ccc(C#N)c3ncccc23)C1. The molecule has 4 rings (SSSR count). The van der Waals surface area contributed by atoms with Gasteiger partial charge in [-0.05, 0) is 64.3 Å². The van der Waals surface area contributed by atoms with Gasteiger partial charge in [0.1, 0.15) is 17.7 Å². The summed E-state index contributed by atoms with van der Waals surface area (Å²) in [6.07, 6.45) is -2.79. The van der Waals surface area contributed by atoms with E-state index in [2.05, 4.69) is 16.4 Å². The number of carbonyl (C=O) groups excluding carboxylic acids is 2. The zero-order valence-electron chi connectivity index (χ0n) is 21.0. The highest BCUT2D eigenvalue weighted by molar-refractivity contribution is 5.95. The second-order valence-corrected chi connectivity index (χ2v) is 10.6. The highest BCUT2D eigenvalue weighted by Crippen LogP contribution is 2.37. The van der Waals surface area contributed by atoms with Crippen LogP contribution >= 0.6 is 0 Å². The fourth-order valence-electron chi connectivity index (χ4n) is 5.04. The molecule has 2 amide bonds. The van der Waals surface area contributed by atoms with Gasteiger partial charge in [0.2, 0.25) is 5.91 Å². The van der Waals surface area contributed by atoms with Gasteiger partial charge in [-0.25, -0.2) is 4.79 Å². The summed E-state index contributed by atoms with van der Waals surface area (Å²) in [5.41, 5.74) is 0.531. The Morgan fingerprint density at radius 3 is 2.62 bits per heavy atom. The number of nitrogens with one attached hydrogen (secondary N) is 1. The minimum Gasteiger partial charge on any atom is -0.444 e. The van der Waals surface area contributed by atoms with Crippen molar-refractivity contribution in [1.82, 2.24) is 15.2 Å². The van der Waals surface area contributed by atoms with E-state index in [1.807, 2.05) is 0 Å². The van der Waals surface area contributed by atoms with E-state index in [1.54, 1.807) is 49.9 Å². The van der Waals surface area contributed by atoms with Crippen LogP contribution in [0.4, 0.5) is 23.7 Å². The lowest BCUT2D eigenvalue weighted by molar-refractivity contribution is -0.178. The Morgan fingerprint density at radius 2 is 1.95 bits per heavy atom. The van der Waals surface area contributed by atoms with Crippen molar-refractivity contribution in [1.29, 1.82) is 5.26 Å². The molecule has 198 valence electrons. The van der Waals surface area contributed by atoms with Gasteiger partial charge in [0, 0.05) is 42.9 Å². The summed E-state index contributed by atoms with van der Waals surface area (Å²) in [5.74, 6) is -2.15. The summed E-state index contributed by atoms with van der Waals surface area (Å²) in [4.78, 5) is 33.0. The molecule has 11 heteroatoms. The van der Waals surface area contributed by atoms with Crippen LogP contribution in [-0.2, 0) is 9.53 Å². The number of likely N-dealkylation sites (tertiary alicyclic amines) is 1. The summed E-state index contributed by atoms with van der Waals surface area (Å²) in [5, 5.41) is 12.8. The molecule has 2 aliphatic heterocycles. The van der Waals surface area contributed by atoms with E-state index < -0.39 is 41.8 Å². The third kappa shape index (κ3) is 5.89. The van der Waals surface area contributed by atoms with E-state index in [1.165, 1.54) is 11.1 Å². The lowest BCUT2D eigenvalue weighted by Crippen LogP contribution is -2.57. The number of piperidine rings is 1. The number of nitriles is 1. The smallest absolute Gasteiger partial charge is 0.410 e. The molecule has 0 unspecified atom stereocenters. The number of amides is 2. The fourth-order valence-corrected chi connectivity index (χ4v) is 5.04. The van der Waals surface area contributed by atoms with Crippen LogP contribution in [0.1, 0.15) is 45.6 Å². The molecule has 3 heterocycles. The van der Waals surface area contributed by atoms with Crippen LogP contribution < -0.4 is 10.2 Å². The van der Waals surface area contributed by atoms with Crippen molar-refractivity contribution in [2.24, 2.45) is 5.92 Å². The number of rotatable bonds is 3. The van der Waals surface area contributed by atoms with Crippen LogP contribution in [0.5, 0.6) is 0 Å². The van der Waals surface area contributed by atoms with Crippen molar-refractivity contribution in [2.45, 2.75) is 63.9 Å². The fraction of sp³-hybridized carbons (Fsp3) is 0.538. The van der Waals surface area contributed by atoms with E-state index in [4.69, 9.17) is 4.74 Å². The molecule has 1 aromatic heterocycles. The molecule has 1 aromatic carbocycles. The predicted molar refractivity (Wildman–Crippen MR) is 131 cm³/mol. The van der Waals surface area contributed by atoms with Crippen molar-refractivity contribution in [3.05, 3.63) is 36.0 Å². The number of hydrogen-bond acceptors (Lipinski definition) is 6. The number of alkyl halides is 3. The minimum absolute atomic E-state index is 0.146. The van der Waals surface area contributed by atoms with Gasteiger partial charge in [-0.2, -0.15) is 18.4 Å². The van der Waals surface area contributed by atoms with Gasteiger partial charge >= 0.3 is 12.3 Å². The average Bonchev–Trinajstić information content (AvgIpc) is 3.32. The summed E-state index contributed by atoms with van der Waals surface area (Å²) in [6, 6.07) is 7.04. The molecule has 1 N–H and O–H groups in total. The zero-order valence-corrected chi connectivity index (χ0v) is 21.0. The van der Waals surface area contributed by atoms with Gasteiger partial charge in [0.05, 0.1) is 17.0 Å². The maximum Gasteiger partial charge on any atom is 0.410 e. The van der Waals surface area contributed by atoms with Crippen LogP contribution in [0.25, 0.3) is 10.9 Å². The first kappa shape index (κ1) is 26.5. The van der Waals surface area contributed by atoms with Crippen molar-refractivity contribution in [2.75, 3.05) is 24.5 Å². The van der Waals surface area contributed by atoms with Gasteiger partial charge in [-0.15, -0.1) is 0 Å². The second kappa shape index (κ2) is 10.1.